The van der Waals surface area contributed by atoms with Gasteiger partial charge in [-0.25, -0.2) is 0 Å². The molecule has 0 saturated heterocycles. The SMILES string of the molecule is CN(NC1=NCCS1)c1ccccc1. The first-order valence-electron chi connectivity index (χ1n) is 4.59. The van der Waals surface area contributed by atoms with Crippen LogP contribution in [0.15, 0.2) is 35.3 Å². The van der Waals surface area contributed by atoms with Crippen LogP contribution in [0.1, 0.15) is 0 Å². The number of rotatable bonds is 2. The van der Waals surface area contributed by atoms with E-state index in [1.165, 1.54) is 0 Å². The molecule has 3 nitrogen and oxygen atoms in total. The lowest BCUT2D eigenvalue weighted by molar-refractivity contribution is 0.887. The molecule has 14 heavy (non-hydrogen) atoms. The summed E-state index contributed by atoms with van der Waals surface area (Å²) in [5.74, 6) is 1.09. The number of benzene rings is 1. The highest BCUT2D eigenvalue weighted by molar-refractivity contribution is 8.14. The van der Waals surface area contributed by atoms with E-state index in [-0.39, 0.29) is 0 Å². The standard InChI is InChI=1S/C10H13N3S/c1-13(9-5-3-2-4-6-9)12-10-11-7-8-14-10/h2-6H,7-8H2,1H3,(H,11,12). The maximum atomic E-state index is 4.33. The maximum absolute atomic E-state index is 4.33. The summed E-state index contributed by atoms with van der Waals surface area (Å²) in [5, 5.41) is 2.99. The molecule has 0 aromatic heterocycles. The molecule has 0 fully saturated rings. The summed E-state index contributed by atoms with van der Waals surface area (Å²) in [7, 11) is 2.00. The quantitative estimate of drug-likeness (QED) is 0.748. The van der Waals surface area contributed by atoms with Gasteiger partial charge in [0.25, 0.3) is 0 Å². The second-order valence-corrected chi connectivity index (χ2v) is 4.13. The summed E-state index contributed by atoms with van der Waals surface area (Å²) >= 11 is 1.76. The number of nitrogens with zero attached hydrogens (tertiary/aromatic N) is 2. The molecule has 0 spiro atoms. The second-order valence-electron chi connectivity index (χ2n) is 3.04. The smallest absolute Gasteiger partial charge is 0.175 e. The van der Waals surface area contributed by atoms with Gasteiger partial charge in [0.15, 0.2) is 5.17 Å². The number of aliphatic imine (C=N–C) groups is 1. The summed E-state index contributed by atoms with van der Waals surface area (Å²) in [6, 6.07) is 10.2. The third-order valence-electron chi connectivity index (χ3n) is 1.99. The first-order valence-corrected chi connectivity index (χ1v) is 5.57. The molecule has 2 rings (SSSR count). The fraction of sp³-hybridized carbons (Fsp3) is 0.300. The Morgan fingerprint density at radius 2 is 2.14 bits per heavy atom. The van der Waals surface area contributed by atoms with Crippen LogP contribution in [0.2, 0.25) is 0 Å². The van der Waals surface area contributed by atoms with Crippen LogP contribution in [0.4, 0.5) is 5.69 Å². The Labute approximate surface area is 88.2 Å². The van der Waals surface area contributed by atoms with Crippen molar-refractivity contribution >= 4 is 22.6 Å². The number of hydrazine groups is 1. The van der Waals surface area contributed by atoms with E-state index in [0.717, 1.165) is 23.2 Å². The number of hydrogen-bond donors (Lipinski definition) is 1. The van der Waals surface area contributed by atoms with Gasteiger partial charge >= 0.3 is 0 Å². The van der Waals surface area contributed by atoms with Crippen LogP contribution < -0.4 is 10.4 Å². The summed E-state index contributed by atoms with van der Waals surface area (Å²) in [4.78, 5) is 4.33. The summed E-state index contributed by atoms with van der Waals surface area (Å²) in [5.41, 5.74) is 4.38. The first kappa shape index (κ1) is 9.40. The highest BCUT2D eigenvalue weighted by Crippen LogP contribution is 2.13. The highest BCUT2D eigenvalue weighted by Gasteiger charge is 2.08. The number of anilines is 1. The third kappa shape index (κ3) is 2.20. The molecular formula is C10H13N3S. The predicted octanol–water partition coefficient (Wildman–Crippen LogP) is 1.73. The lowest BCUT2D eigenvalue weighted by Gasteiger charge is -2.20. The van der Waals surface area contributed by atoms with Crippen LogP contribution in [0.5, 0.6) is 0 Å². The molecule has 1 aromatic carbocycles. The molecule has 0 atom stereocenters. The van der Waals surface area contributed by atoms with Crippen molar-refractivity contribution in [2.24, 2.45) is 4.99 Å². The van der Waals surface area contributed by atoms with Crippen molar-refractivity contribution in [3.8, 4) is 0 Å². The fourth-order valence-electron chi connectivity index (χ4n) is 1.26. The Morgan fingerprint density at radius 1 is 1.36 bits per heavy atom. The lowest BCUT2D eigenvalue weighted by atomic mass is 10.3. The summed E-state index contributed by atoms with van der Waals surface area (Å²) in [6.45, 7) is 0.926. The average molecular weight is 207 g/mol. The lowest BCUT2D eigenvalue weighted by Crippen LogP contribution is -2.37. The van der Waals surface area contributed by atoms with Gasteiger partial charge in [-0.05, 0) is 12.1 Å². The van der Waals surface area contributed by atoms with E-state index in [4.69, 9.17) is 0 Å². The monoisotopic (exact) mass is 207 g/mol. The fourth-order valence-corrected chi connectivity index (χ4v) is 2.02. The Balaban J connectivity index is 1.99. The molecule has 0 amide bonds. The number of para-hydroxylation sites is 1. The molecule has 1 heterocycles. The minimum atomic E-state index is 0.926. The molecule has 0 unspecified atom stereocenters. The minimum absolute atomic E-state index is 0.926. The molecule has 0 bridgehead atoms. The van der Waals surface area contributed by atoms with Crippen molar-refractivity contribution in [1.82, 2.24) is 5.43 Å². The molecule has 4 heteroatoms. The maximum Gasteiger partial charge on any atom is 0.175 e. The van der Waals surface area contributed by atoms with Crippen molar-refractivity contribution in [3.05, 3.63) is 30.3 Å². The predicted molar refractivity (Wildman–Crippen MR) is 62.7 cm³/mol. The van der Waals surface area contributed by atoms with Crippen molar-refractivity contribution in [3.63, 3.8) is 0 Å². The van der Waals surface area contributed by atoms with E-state index < -0.39 is 0 Å². The van der Waals surface area contributed by atoms with Gasteiger partial charge in [0, 0.05) is 12.8 Å². The molecule has 0 saturated carbocycles. The molecule has 74 valence electrons. The second kappa shape index (κ2) is 4.37. The topological polar surface area (TPSA) is 27.6 Å². The van der Waals surface area contributed by atoms with Crippen LogP contribution in [-0.4, -0.2) is 24.5 Å². The number of amidine groups is 1. The van der Waals surface area contributed by atoms with Gasteiger partial charge in [0.05, 0.1) is 12.2 Å². The molecule has 1 N–H and O–H groups in total. The van der Waals surface area contributed by atoms with Crippen LogP contribution in [0.25, 0.3) is 0 Å². The Morgan fingerprint density at radius 3 is 2.79 bits per heavy atom. The zero-order chi connectivity index (χ0) is 9.80. The molecule has 1 aliphatic rings. The van der Waals surface area contributed by atoms with Crippen LogP contribution >= 0.6 is 11.8 Å². The number of nitrogens with one attached hydrogen (secondary N) is 1. The summed E-state index contributed by atoms with van der Waals surface area (Å²) < 4.78 is 0. The zero-order valence-electron chi connectivity index (χ0n) is 8.10. The van der Waals surface area contributed by atoms with Gasteiger partial charge < -0.3 is 0 Å². The van der Waals surface area contributed by atoms with E-state index in [1.807, 2.05) is 30.3 Å². The first-order chi connectivity index (χ1) is 6.86. The van der Waals surface area contributed by atoms with Crippen LogP contribution in [0.3, 0.4) is 0 Å². The van der Waals surface area contributed by atoms with Gasteiger partial charge in [0.1, 0.15) is 0 Å². The molecule has 0 radical (unpaired) electrons. The minimum Gasteiger partial charge on any atom is -0.289 e. The van der Waals surface area contributed by atoms with E-state index in [1.54, 1.807) is 11.8 Å². The van der Waals surface area contributed by atoms with Gasteiger partial charge in [-0.15, -0.1) is 0 Å². The largest absolute Gasteiger partial charge is 0.289 e. The van der Waals surface area contributed by atoms with Crippen molar-refractivity contribution in [1.29, 1.82) is 0 Å². The average Bonchev–Trinajstić information content (AvgIpc) is 2.72. The van der Waals surface area contributed by atoms with E-state index >= 15 is 0 Å². The molecule has 1 aromatic rings. The highest BCUT2D eigenvalue weighted by atomic mass is 32.2. The molecular weight excluding hydrogens is 194 g/mol. The molecule has 1 aliphatic heterocycles. The Bertz CT molecular complexity index is 323. The number of thioether (sulfide) groups is 1. The normalized spacial score (nSPS) is 15.1. The van der Waals surface area contributed by atoms with Gasteiger partial charge in [-0.1, -0.05) is 30.0 Å². The van der Waals surface area contributed by atoms with Crippen molar-refractivity contribution in [2.75, 3.05) is 24.4 Å². The van der Waals surface area contributed by atoms with Crippen molar-refractivity contribution < 1.29 is 0 Å². The van der Waals surface area contributed by atoms with Crippen molar-refractivity contribution in [2.45, 2.75) is 0 Å². The van der Waals surface area contributed by atoms with Crippen LogP contribution in [-0.2, 0) is 0 Å². The van der Waals surface area contributed by atoms with Gasteiger partial charge in [-0.3, -0.25) is 15.4 Å². The molecule has 0 aliphatic carbocycles. The number of hydrogen-bond acceptors (Lipinski definition) is 4. The zero-order valence-corrected chi connectivity index (χ0v) is 8.92. The van der Waals surface area contributed by atoms with Gasteiger partial charge in [-0.2, -0.15) is 0 Å². The van der Waals surface area contributed by atoms with Gasteiger partial charge in [0.2, 0.25) is 0 Å². The van der Waals surface area contributed by atoms with Crippen LogP contribution in [0, 0.1) is 0 Å². The Kier molecular flexibility index (Phi) is 2.93. The Hall–Kier alpha value is -1.16. The van der Waals surface area contributed by atoms with E-state index in [9.17, 15) is 0 Å². The van der Waals surface area contributed by atoms with E-state index in [2.05, 4.69) is 22.6 Å². The third-order valence-corrected chi connectivity index (χ3v) is 2.87. The summed E-state index contributed by atoms with van der Waals surface area (Å²) in [6.07, 6.45) is 0. The van der Waals surface area contributed by atoms with E-state index in [0.29, 0.717) is 0 Å².